The number of nitrogens with one attached hydrogen (secondary N) is 1. The standard InChI is InChI=1S/C25H27N3O2/c1-30-20-11-9-19(10-12-20)25(13-14-25)24(29)27-22-17-18-7-3-4-8-21(18)23(26-22)28-15-5-2-6-16-28/h3-4,7-12,17H,2,5-6,13-16H2,1H3,(H,26,27,29). The van der Waals surface area contributed by atoms with E-state index in [1.54, 1.807) is 7.11 Å². The Bertz CT molecular complexity index is 1070. The highest BCUT2D eigenvalue weighted by atomic mass is 16.5. The van der Waals surface area contributed by atoms with E-state index >= 15 is 0 Å². The number of anilines is 2. The van der Waals surface area contributed by atoms with Crippen LogP contribution in [0.5, 0.6) is 5.75 Å². The van der Waals surface area contributed by atoms with E-state index in [0.29, 0.717) is 5.82 Å². The molecule has 30 heavy (non-hydrogen) atoms. The number of methoxy groups -OCH3 is 1. The summed E-state index contributed by atoms with van der Waals surface area (Å²) in [4.78, 5) is 20.5. The third-order valence-corrected chi connectivity index (χ3v) is 6.44. The van der Waals surface area contributed by atoms with Crippen molar-refractivity contribution in [1.82, 2.24) is 4.98 Å². The van der Waals surface area contributed by atoms with E-state index < -0.39 is 5.41 Å². The number of piperidine rings is 1. The summed E-state index contributed by atoms with van der Waals surface area (Å²) < 4.78 is 5.25. The molecule has 0 radical (unpaired) electrons. The molecule has 5 rings (SSSR count). The summed E-state index contributed by atoms with van der Waals surface area (Å²) in [7, 11) is 1.65. The van der Waals surface area contributed by atoms with Crippen LogP contribution in [0.1, 0.15) is 37.7 Å². The molecule has 1 aromatic heterocycles. The molecular weight excluding hydrogens is 374 g/mol. The maximum Gasteiger partial charge on any atom is 0.236 e. The number of carbonyl (C=O) groups is 1. The number of nitrogens with zero attached hydrogens (tertiary/aromatic N) is 2. The van der Waals surface area contributed by atoms with Crippen molar-refractivity contribution in [2.45, 2.75) is 37.5 Å². The summed E-state index contributed by atoms with van der Waals surface area (Å²) in [5, 5.41) is 5.39. The Balaban J connectivity index is 1.45. The molecule has 2 aromatic carbocycles. The van der Waals surface area contributed by atoms with Gasteiger partial charge in [-0.2, -0.15) is 0 Å². The Morgan fingerprint density at radius 2 is 1.77 bits per heavy atom. The van der Waals surface area contributed by atoms with Crippen LogP contribution in [0, 0.1) is 0 Å². The maximum atomic E-state index is 13.3. The number of benzene rings is 2. The van der Waals surface area contributed by atoms with Gasteiger partial charge in [-0.3, -0.25) is 4.79 Å². The molecule has 1 aliphatic carbocycles. The van der Waals surface area contributed by atoms with Crippen molar-refractivity contribution in [3.63, 3.8) is 0 Å². The van der Waals surface area contributed by atoms with Gasteiger partial charge in [0, 0.05) is 18.5 Å². The SMILES string of the molecule is COc1ccc(C2(C(=O)Nc3cc4ccccc4c(N4CCCCC4)n3)CC2)cc1. The first-order valence-electron chi connectivity index (χ1n) is 10.8. The Morgan fingerprint density at radius 1 is 1.03 bits per heavy atom. The number of ether oxygens (including phenoxy) is 1. The van der Waals surface area contributed by atoms with Crippen LogP contribution in [0.2, 0.25) is 0 Å². The third-order valence-electron chi connectivity index (χ3n) is 6.44. The average molecular weight is 402 g/mol. The van der Waals surface area contributed by atoms with Gasteiger partial charge in [0.2, 0.25) is 5.91 Å². The molecular formula is C25H27N3O2. The van der Waals surface area contributed by atoms with Gasteiger partial charge in [-0.1, -0.05) is 36.4 Å². The molecule has 1 amide bonds. The Hall–Kier alpha value is -3.08. The minimum Gasteiger partial charge on any atom is -0.497 e. The molecule has 1 aliphatic heterocycles. The fraction of sp³-hybridized carbons (Fsp3) is 0.360. The number of aromatic nitrogens is 1. The molecule has 5 heteroatoms. The van der Waals surface area contributed by atoms with Gasteiger partial charge in [0.25, 0.3) is 0 Å². The molecule has 1 N–H and O–H groups in total. The molecule has 5 nitrogen and oxygen atoms in total. The highest BCUT2D eigenvalue weighted by Crippen LogP contribution is 2.49. The van der Waals surface area contributed by atoms with Crippen molar-refractivity contribution in [1.29, 1.82) is 0 Å². The van der Waals surface area contributed by atoms with E-state index in [1.807, 2.05) is 36.4 Å². The lowest BCUT2D eigenvalue weighted by molar-refractivity contribution is -0.118. The molecule has 0 spiro atoms. The summed E-state index contributed by atoms with van der Waals surface area (Å²) in [6.45, 7) is 2.04. The van der Waals surface area contributed by atoms with Crippen LogP contribution in [0.4, 0.5) is 11.6 Å². The van der Waals surface area contributed by atoms with Gasteiger partial charge >= 0.3 is 0 Å². The lowest BCUT2D eigenvalue weighted by Crippen LogP contribution is -2.31. The van der Waals surface area contributed by atoms with Gasteiger partial charge in [0.05, 0.1) is 12.5 Å². The zero-order valence-electron chi connectivity index (χ0n) is 17.4. The third kappa shape index (κ3) is 3.38. The lowest BCUT2D eigenvalue weighted by Gasteiger charge is -2.29. The van der Waals surface area contributed by atoms with Crippen molar-refractivity contribution in [2.24, 2.45) is 0 Å². The molecule has 2 aliphatic rings. The quantitative estimate of drug-likeness (QED) is 0.660. The lowest BCUT2D eigenvalue weighted by atomic mass is 9.95. The predicted molar refractivity (Wildman–Crippen MR) is 120 cm³/mol. The fourth-order valence-electron chi connectivity index (χ4n) is 4.51. The normalized spacial score (nSPS) is 17.6. The zero-order chi connectivity index (χ0) is 20.6. The van der Waals surface area contributed by atoms with E-state index in [9.17, 15) is 4.79 Å². The van der Waals surface area contributed by atoms with Crippen molar-refractivity contribution < 1.29 is 9.53 Å². The van der Waals surface area contributed by atoms with Crippen molar-refractivity contribution >= 4 is 28.3 Å². The number of fused-ring (bicyclic) bond motifs is 1. The predicted octanol–water partition coefficient (Wildman–Crippen LogP) is 4.90. The number of hydrogen-bond acceptors (Lipinski definition) is 4. The van der Waals surface area contributed by atoms with Crippen LogP contribution in [-0.2, 0) is 10.2 Å². The number of pyridine rings is 1. The minimum atomic E-state index is -0.453. The Kier molecular flexibility index (Phi) is 4.81. The second kappa shape index (κ2) is 7.63. The van der Waals surface area contributed by atoms with E-state index in [1.165, 1.54) is 19.3 Å². The first-order chi connectivity index (χ1) is 14.7. The molecule has 3 aromatic rings. The highest BCUT2D eigenvalue weighted by molar-refractivity contribution is 6.03. The number of hydrogen-bond donors (Lipinski definition) is 1. The summed E-state index contributed by atoms with van der Waals surface area (Å²) in [6, 6.07) is 18.1. The van der Waals surface area contributed by atoms with E-state index in [2.05, 4.69) is 28.4 Å². The zero-order valence-corrected chi connectivity index (χ0v) is 17.4. The monoisotopic (exact) mass is 401 g/mol. The second-order valence-corrected chi connectivity index (χ2v) is 8.36. The summed E-state index contributed by atoms with van der Waals surface area (Å²) in [5.41, 5.74) is 0.586. The van der Waals surface area contributed by atoms with Crippen molar-refractivity contribution in [3.8, 4) is 5.75 Å². The van der Waals surface area contributed by atoms with Gasteiger partial charge in [-0.15, -0.1) is 0 Å². The fourth-order valence-corrected chi connectivity index (χ4v) is 4.51. The second-order valence-electron chi connectivity index (χ2n) is 8.36. The summed E-state index contributed by atoms with van der Waals surface area (Å²) in [6.07, 6.45) is 5.37. The summed E-state index contributed by atoms with van der Waals surface area (Å²) >= 11 is 0. The van der Waals surface area contributed by atoms with Gasteiger partial charge in [0.1, 0.15) is 17.4 Å². The molecule has 2 heterocycles. The first-order valence-corrected chi connectivity index (χ1v) is 10.8. The highest BCUT2D eigenvalue weighted by Gasteiger charge is 2.51. The molecule has 0 bridgehead atoms. The average Bonchev–Trinajstić information content (AvgIpc) is 3.61. The number of amides is 1. The Labute approximate surface area is 177 Å². The van der Waals surface area contributed by atoms with Gasteiger partial charge in [0.15, 0.2) is 0 Å². The van der Waals surface area contributed by atoms with Gasteiger partial charge < -0.3 is 15.0 Å². The molecule has 0 atom stereocenters. The van der Waals surface area contributed by atoms with E-state index in [-0.39, 0.29) is 5.91 Å². The molecule has 1 saturated carbocycles. The topological polar surface area (TPSA) is 54.5 Å². The van der Waals surface area contributed by atoms with Crippen LogP contribution in [0.15, 0.2) is 54.6 Å². The smallest absolute Gasteiger partial charge is 0.236 e. The van der Waals surface area contributed by atoms with Crippen LogP contribution < -0.4 is 15.0 Å². The minimum absolute atomic E-state index is 0.0278. The van der Waals surface area contributed by atoms with E-state index in [0.717, 1.165) is 53.8 Å². The molecule has 154 valence electrons. The van der Waals surface area contributed by atoms with Gasteiger partial charge in [-0.25, -0.2) is 4.98 Å². The van der Waals surface area contributed by atoms with Crippen LogP contribution in [0.25, 0.3) is 10.8 Å². The van der Waals surface area contributed by atoms with Crippen molar-refractivity contribution in [3.05, 3.63) is 60.2 Å². The number of carbonyl (C=O) groups excluding carboxylic acids is 1. The summed E-state index contributed by atoms with van der Waals surface area (Å²) in [5.74, 6) is 2.45. The van der Waals surface area contributed by atoms with Gasteiger partial charge in [-0.05, 0) is 61.3 Å². The molecule has 1 saturated heterocycles. The largest absolute Gasteiger partial charge is 0.497 e. The van der Waals surface area contributed by atoms with Crippen molar-refractivity contribution in [2.75, 3.05) is 30.4 Å². The first kappa shape index (κ1) is 18.9. The van der Waals surface area contributed by atoms with E-state index in [4.69, 9.17) is 9.72 Å². The molecule has 0 unspecified atom stereocenters. The van der Waals surface area contributed by atoms with Crippen LogP contribution in [-0.4, -0.2) is 31.1 Å². The Morgan fingerprint density at radius 3 is 2.47 bits per heavy atom. The van der Waals surface area contributed by atoms with Crippen LogP contribution >= 0.6 is 0 Å². The number of rotatable bonds is 5. The maximum absolute atomic E-state index is 13.3. The van der Waals surface area contributed by atoms with Crippen LogP contribution in [0.3, 0.4) is 0 Å². The molecule has 2 fully saturated rings.